The van der Waals surface area contributed by atoms with Gasteiger partial charge in [-0.15, -0.1) is 0 Å². The molecular formula is C20H22N2O6S. The van der Waals surface area contributed by atoms with Crippen LogP contribution in [0.15, 0.2) is 48.5 Å². The van der Waals surface area contributed by atoms with Crippen LogP contribution in [0.3, 0.4) is 0 Å². The molecule has 8 nitrogen and oxygen atoms in total. The lowest BCUT2D eigenvalue weighted by Gasteiger charge is -2.34. The van der Waals surface area contributed by atoms with Gasteiger partial charge in [-0.25, -0.2) is 8.42 Å². The Balaban J connectivity index is 1.43. The first-order valence-corrected chi connectivity index (χ1v) is 11.0. The van der Waals surface area contributed by atoms with Gasteiger partial charge < -0.3 is 19.5 Å². The van der Waals surface area contributed by atoms with Gasteiger partial charge in [0.1, 0.15) is 18.5 Å². The quantitative estimate of drug-likeness (QED) is 0.792. The summed E-state index contributed by atoms with van der Waals surface area (Å²) in [5.74, 6) is 1.19. The summed E-state index contributed by atoms with van der Waals surface area (Å²) in [7, 11) is -3.54. The molecule has 2 aromatic rings. The van der Waals surface area contributed by atoms with Gasteiger partial charge in [-0.2, -0.15) is 0 Å². The molecule has 0 bridgehead atoms. The molecule has 0 radical (unpaired) electrons. The van der Waals surface area contributed by atoms with Crippen molar-refractivity contribution in [1.29, 1.82) is 0 Å². The highest BCUT2D eigenvalue weighted by Gasteiger charge is 2.36. The maximum Gasteiger partial charge on any atom is 0.263 e. The first-order valence-electron chi connectivity index (χ1n) is 9.40. The van der Waals surface area contributed by atoms with Crippen LogP contribution in [0.25, 0.3) is 0 Å². The van der Waals surface area contributed by atoms with Gasteiger partial charge >= 0.3 is 0 Å². The van der Waals surface area contributed by atoms with Crippen LogP contribution < -0.4 is 23.8 Å². The fraction of sp³-hybridized carbons (Fsp3) is 0.350. The summed E-state index contributed by atoms with van der Waals surface area (Å²) >= 11 is 0. The van der Waals surface area contributed by atoms with Crippen LogP contribution in [0.2, 0.25) is 0 Å². The Morgan fingerprint density at radius 1 is 1.07 bits per heavy atom. The minimum absolute atomic E-state index is 0.0671. The standard InChI is InChI=1S/C20H22N2O6S/c1-2-29(24,25)22-12-19(28-16-8-4-3-7-15(16)22)20(23)21-11-14-13-26-17-9-5-6-10-18(17)27-14/h3-10,14,19H,2,11-13H2,1H3,(H,21,23). The van der Waals surface area contributed by atoms with Crippen molar-refractivity contribution in [3.05, 3.63) is 48.5 Å². The normalized spacial score (nSPS) is 20.4. The summed E-state index contributed by atoms with van der Waals surface area (Å²) in [6.07, 6.45) is -1.30. The van der Waals surface area contributed by atoms with Crippen LogP contribution >= 0.6 is 0 Å². The number of amides is 1. The molecule has 1 N–H and O–H groups in total. The zero-order chi connectivity index (χ0) is 20.4. The third-order valence-electron chi connectivity index (χ3n) is 4.80. The molecule has 2 heterocycles. The first kappa shape index (κ1) is 19.4. The minimum atomic E-state index is -3.54. The molecule has 0 aromatic heterocycles. The zero-order valence-electron chi connectivity index (χ0n) is 15.9. The number of rotatable bonds is 5. The van der Waals surface area contributed by atoms with E-state index in [1.165, 1.54) is 4.31 Å². The van der Waals surface area contributed by atoms with Crippen LogP contribution in [-0.2, 0) is 14.8 Å². The zero-order valence-corrected chi connectivity index (χ0v) is 16.7. The molecule has 9 heteroatoms. The van der Waals surface area contributed by atoms with Crippen molar-refractivity contribution in [2.24, 2.45) is 0 Å². The summed E-state index contributed by atoms with van der Waals surface area (Å²) in [4.78, 5) is 12.7. The topological polar surface area (TPSA) is 94.2 Å². The van der Waals surface area contributed by atoms with E-state index in [0.717, 1.165) is 0 Å². The molecule has 2 unspecified atom stereocenters. The molecule has 0 fully saturated rings. The van der Waals surface area contributed by atoms with E-state index >= 15 is 0 Å². The summed E-state index contributed by atoms with van der Waals surface area (Å²) in [6, 6.07) is 14.1. The fourth-order valence-corrected chi connectivity index (χ4v) is 4.37. The Labute approximate surface area is 169 Å². The second-order valence-corrected chi connectivity index (χ2v) is 8.93. The largest absolute Gasteiger partial charge is 0.486 e. The van der Waals surface area contributed by atoms with E-state index in [4.69, 9.17) is 14.2 Å². The van der Waals surface area contributed by atoms with Crippen molar-refractivity contribution in [3.63, 3.8) is 0 Å². The molecule has 1 amide bonds. The summed E-state index contributed by atoms with van der Waals surface area (Å²) in [5, 5.41) is 2.78. The highest BCUT2D eigenvalue weighted by atomic mass is 32.2. The van der Waals surface area contributed by atoms with Gasteiger partial charge in [0, 0.05) is 0 Å². The first-order chi connectivity index (χ1) is 14.0. The van der Waals surface area contributed by atoms with Gasteiger partial charge in [-0.1, -0.05) is 24.3 Å². The Morgan fingerprint density at radius 3 is 2.52 bits per heavy atom. The number of carbonyl (C=O) groups excluding carboxylic acids is 1. The maximum atomic E-state index is 12.7. The number of carbonyl (C=O) groups is 1. The van der Waals surface area contributed by atoms with E-state index < -0.39 is 22.0 Å². The van der Waals surface area contributed by atoms with Crippen molar-refractivity contribution in [1.82, 2.24) is 5.32 Å². The number of hydrogen-bond acceptors (Lipinski definition) is 6. The molecule has 2 atom stereocenters. The highest BCUT2D eigenvalue weighted by molar-refractivity contribution is 7.92. The molecule has 0 spiro atoms. The summed E-state index contributed by atoms with van der Waals surface area (Å²) < 4.78 is 43.5. The highest BCUT2D eigenvalue weighted by Crippen LogP contribution is 2.35. The molecule has 2 aliphatic heterocycles. The number of benzene rings is 2. The SMILES string of the molecule is CCS(=O)(=O)N1CC(C(=O)NCC2COc3ccccc3O2)Oc2ccccc21. The second-order valence-electron chi connectivity index (χ2n) is 6.75. The minimum Gasteiger partial charge on any atom is -0.486 e. The van der Waals surface area contributed by atoms with E-state index in [1.807, 2.05) is 18.2 Å². The van der Waals surface area contributed by atoms with Gasteiger partial charge in [0.2, 0.25) is 10.0 Å². The van der Waals surface area contributed by atoms with E-state index in [2.05, 4.69) is 5.32 Å². The van der Waals surface area contributed by atoms with Gasteiger partial charge in [-0.3, -0.25) is 9.10 Å². The molecular weight excluding hydrogens is 396 g/mol. The monoisotopic (exact) mass is 418 g/mol. The number of hydrogen-bond donors (Lipinski definition) is 1. The van der Waals surface area contributed by atoms with Crippen molar-refractivity contribution < 1.29 is 27.4 Å². The van der Waals surface area contributed by atoms with Gasteiger partial charge in [0.15, 0.2) is 17.6 Å². The lowest BCUT2D eigenvalue weighted by atomic mass is 10.2. The Hall–Kier alpha value is -2.94. The number of para-hydroxylation sites is 4. The molecule has 0 saturated carbocycles. The second kappa shape index (κ2) is 7.82. The molecule has 29 heavy (non-hydrogen) atoms. The predicted octanol–water partition coefficient (Wildman–Crippen LogP) is 1.56. The average Bonchev–Trinajstić information content (AvgIpc) is 2.76. The third kappa shape index (κ3) is 3.95. The number of nitrogens with one attached hydrogen (secondary N) is 1. The molecule has 154 valence electrons. The molecule has 4 rings (SSSR count). The van der Waals surface area contributed by atoms with E-state index in [-0.39, 0.29) is 24.9 Å². The van der Waals surface area contributed by atoms with Crippen LogP contribution in [0.4, 0.5) is 5.69 Å². The van der Waals surface area contributed by atoms with Crippen LogP contribution in [-0.4, -0.2) is 52.0 Å². The maximum absolute atomic E-state index is 12.7. The summed E-state index contributed by atoms with van der Waals surface area (Å²) in [6.45, 7) is 2.02. The van der Waals surface area contributed by atoms with E-state index in [1.54, 1.807) is 37.3 Å². The Kier molecular flexibility index (Phi) is 5.23. The van der Waals surface area contributed by atoms with Crippen LogP contribution in [0.5, 0.6) is 17.2 Å². The van der Waals surface area contributed by atoms with E-state index in [9.17, 15) is 13.2 Å². The van der Waals surface area contributed by atoms with Gasteiger partial charge in [0.05, 0.1) is 24.5 Å². The fourth-order valence-electron chi connectivity index (χ4n) is 3.25. The molecule has 2 aromatic carbocycles. The molecule has 0 aliphatic carbocycles. The van der Waals surface area contributed by atoms with Gasteiger partial charge in [-0.05, 0) is 31.2 Å². The number of ether oxygens (including phenoxy) is 3. The lowest BCUT2D eigenvalue weighted by molar-refractivity contribution is -0.128. The Bertz CT molecular complexity index is 1010. The molecule has 2 aliphatic rings. The third-order valence-corrected chi connectivity index (χ3v) is 6.55. The van der Waals surface area contributed by atoms with E-state index in [0.29, 0.717) is 29.5 Å². The Morgan fingerprint density at radius 2 is 1.76 bits per heavy atom. The van der Waals surface area contributed by atoms with Crippen molar-refractivity contribution in [3.8, 4) is 17.2 Å². The van der Waals surface area contributed by atoms with Crippen molar-refractivity contribution in [2.75, 3.05) is 29.8 Å². The van der Waals surface area contributed by atoms with Gasteiger partial charge in [0.25, 0.3) is 5.91 Å². The lowest BCUT2D eigenvalue weighted by Crippen LogP contribution is -2.52. The van der Waals surface area contributed by atoms with Crippen LogP contribution in [0, 0.1) is 0 Å². The van der Waals surface area contributed by atoms with Crippen LogP contribution in [0.1, 0.15) is 6.92 Å². The predicted molar refractivity (Wildman–Crippen MR) is 107 cm³/mol. The molecule has 0 saturated heterocycles. The number of nitrogens with zero attached hydrogens (tertiary/aromatic N) is 1. The number of sulfonamides is 1. The van der Waals surface area contributed by atoms with Crippen molar-refractivity contribution in [2.45, 2.75) is 19.1 Å². The smallest absolute Gasteiger partial charge is 0.263 e. The summed E-state index contributed by atoms with van der Waals surface area (Å²) in [5.41, 5.74) is 0.444. The number of fused-ring (bicyclic) bond motifs is 2. The average molecular weight is 418 g/mol. The van der Waals surface area contributed by atoms with Crippen molar-refractivity contribution >= 4 is 21.6 Å². The number of anilines is 1.